The zero-order chi connectivity index (χ0) is 10.1. The third-order valence-corrected chi connectivity index (χ3v) is 3.48. The molecule has 0 spiro atoms. The second-order valence-corrected chi connectivity index (χ2v) is 4.64. The Labute approximate surface area is 85.1 Å². The van der Waals surface area contributed by atoms with Gasteiger partial charge < -0.3 is 5.11 Å². The van der Waals surface area contributed by atoms with Gasteiger partial charge in [0.1, 0.15) is 5.82 Å². The van der Waals surface area contributed by atoms with Crippen molar-refractivity contribution < 1.29 is 14.3 Å². The number of carboxylic acids is 1. The van der Waals surface area contributed by atoms with Crippen molar-refractivity contribution >= 4 is 17.7 Å². The van der Waals surface area contributed by atoms with Crippen molar-refractivity contribution in [1.82, 2.24) is 0 Å². The number of carboxylic acid groups (broad SMARTS) is 1. The van der Waals surface area contributed by atoms with Gasteiger partial charge in [-0.3, -0.25) is 4.79 Å². The average Bonchev–Trinajstić information content (AvgIpc) is 2.44. The molecule has 1 unspecified atom stereocenters. The van der Waals surface area contributed by atoms with E-state index in [0.717, 1.165) is 10.5 Å². The Bertz CT molecular complexity index is 378. The van der Waals surface area contributed by atoms with E-state index >= 15 is 0 Å². The first-order valence-electron chi connectivity index (χ1n) is 4.32. The molecule has 0 amide bonds. The molecule has 0 aliphatic carbocycles. The monoisotopic (exact) mass is 212 g/mol. The van der Waals surface area contributed by atoms with E-state index in [1.54, 1.807) is 6.07 Å². The summed E-state index contributed by atoms with van der Waals surface area (Å²) in [6.07, 6.45) is 0.797. The number of benzene rings is 1. The van der Waals surface area contributed by atoms with E-state index < -0.39 is 5.97 Å². The lowest BCUT2D eigenvalue weighted by atomic mass is 10.1. The summed E-state index contributed by atoms with van der Waals surface area (Å²) in [4.78, 5) is 11.5. The van der Waals surface area contributed by atoms with Crippen LogP contribution in [0, 0.1) is 5.82 Å². The fourth-order valence-electron chi connectivity index (χ4n) is 1.60. The second-order valence-electron chi connectivity index (χ2n) is 3.29. The van der Waals surface area contributed by atoms with Crippen molar-refractivity contribution in [2.75, 3.05) is 0 Å². The van der Waals surface area contributed by atoms with Crippen LogP contribution in [0.2, 0.25) is 0 Å². The van der Waals surface area contributed by atoms with Crippen molar-refractivity contribution in [2.24, 2.45) is 0 Å². The highest BCUT2D eigenvalue weighted by atomic mass is 32.2. The summed E-state index contributed by atoms with van der Waals surface area (Å²) in [5.41, 5.74) is 0.932. The Balaban J connectivity index is 2.14. The molecule has 0 bridgehead atoms. The maximum atomic E-state index is 12.8. The number of aliphatic carboxylic acids is 1. The van der Waals surface area contributed by atoms with Crippen LogP contribution in [-0.2, 0) is 11.2 Å². The summed E-state index contributed by atoms with van der Waals surface area (Å²) < 4.78 is 12.8. The largest absolute Gasteiger partial charge is 0.481 e. The molecule has 0 saturated heterocycles. The van der Waals surface area contributed by atoms with Crippen molar-refractivity contribution in [1.29, 1.82) is 0 Å². The number of rotatable bonds is 2. The molecule has 0 fully saturated rings. The minimum atomic E-state index is -0.796. The molecule has 1 aromatic carbocycles. The van der Waals surface area contributed by atoms with E-state index in [1.165, 1.54) is 23.9 Å². The highest BCUT2D eigenvalue weighted by Gasteiger charge is 2.24. The first kappa shape index (κ1) is 9.52. The van der Waals surface area contributed by atoms with Gasteiger partial charge in [0.2, 0.25) is 0 Å². The van der Waals surface area contributed by atoms with Crippen LogP contribution in [0.1, 0.15) is 12.0 Å². The van der Waals surface area contributed by atoms with Gasteiger partial charge in [0.25, 0.3) is 0 Å². The summed E-state index contributed by atoms with van der Waals surface area (Å²) in [5.74, 6) is -1.05. The number of hydrogen-bond acceptors (Lipinski definition) is 2. The number of hydrogen-bond donors (Lipinski definition) is 1. The Hall–Kier alpha value is -1.03. The Morgan fingerprint density at radius 2 is 2.43 bits per heavy atom. The van der Waals surface area contributed by atoms with E-state index in [-0.39, 0.29) is 17.5 Å². The highest BCUT2D eigenvalue weighted by Crippen LogP contribution is 2.38. The Kier molecular flexibility index (Phi) is 2.46. The van der Waals surface area contributed by atoms with Crippen LogP contribution in [0.15, 0.2) is 23.1 Å². The summed E-state index contributed by atoms with van der Waals surface area (Å²) in [5, 5.41) is 8.68. The lowest BCUT2D eigenvalue weighted by Gasteiger charge is -2.02. The predicted molar refractivity (Wildman–Crippen MR) is 52.0 cm³/mol. The minimum absolute atomic E-state index is 0.0595. The van der Waals surface area contributed by atoms with Gasteiger partial charge in [0.05, 0.1) is 6.42 Å². The summed E-state index contributed by atoms with van der Waals surface area (Å²) in [6, 6.07) is 4.62. The third-order valence-electron chi connectivity index (χ3n) is 2.17. The van der Waals surface area contributed by atoms with E-state index in [2.05, 4.69) is 0 Å². The van der Waals surface area contributed by atoms with Crippen LogP contribution < -0.4 is 0 Å². The zero-order valence-corrected chi connectivity index (χ0v) is 8.18. The van der Waals surface area contributed by atoms with Crippen LogP contribution in [0.3, 0.4) is 0 Å². The Morgan fingerprint density at radius 3 is 3.14 bits per heavy atom. The molecule has 0 aromatic heterocycles. The molecule has 1 atom stereocenters. The molecule has 0 radical (unpaired) electrons. The molecule has 1 N–H and O–H groups in total. The molecule has 1 heterocycles. The van der Waals surface area contributed by atoms with Gasteiger partial charge in [0, 0.05) is 10.1 Å². The topological polar surface area (TPSA) is 37.3 Å². The maximum Gasteiger partial charge on any atom is 0.304 e. The van der Waals surface area contributed by atoms with Gasteiger partial charge in [-0.25, -0.2) is 4.39 Å². The van der Waals surface area contributed by atoms with Crippen LogP contribution >= 0.6 is 11.8 Å². The number of halogens is 1. The van der Waals surface area contributed by atoms with Crippen LogP contribution in [0.4, 0.5) is 4.39 Å². The molecular formula is C10H9FO2S. The quantitative estimate of drug-likeness (QED) is 0.817. The highest BCUT2D eigenvalue weighted by molar-refractivity contribution is 8.00. The van der Waals surface area contributed by atoms with Gasteiger partial charge >= 0.3 is 5.97 Å². The molecule has 74 valence electrons. The predicted octanol–water partition coefficient (Wildman–Crippen LogP) is 2.32. The molecule has 2 rings (SSSR count). The molecule has 1 aromatic rings. The van der Waals surface area contributed by atoms with Crippen molar-refractivity contribution in [3.05, 3.63) is 29.6 Å². The smallest absolute Gasteiger partial charge is 0.304 e. The standard InChI is InChI=1S/C10H9FO2S/c11-7-1-2-9-6(3-7)4-8(14-9)5-10(12)13/h1-3,8H,4-5H2,(H,12,13). The van der Waals surface area contributed by atoms with Crippen molar-refractivity contribution in [3.63, 3.8) is 0 Å². The third kappa shape index (κ3) is 1.90. The van der Waals surface area contributed by atoms with E-state index in [0.29, 0.717) is 6.42 Å². The van der Waals surface area contributed by atoms with E-state index in [9.17, 15) is 9.18 Å². The summed E-state index contributed by atoms with van der Waals surface area (Å²) in [6.45, 7) is 0. The lowest BCUT2D eigenvalue weighted by molar-refractivity contribution is -0.136. The normalized spacial score (nSPS) is 19.4. The number of fused-ring (bicyclic) bond motifs is 1. The molecular weight excluding hydrogens is 203 g/mol. The molecule has 1 aliphatic heterocycles. The van der Waals surface area contributed by atoms with Crippen LogP contribution in [0.5, 0.6) is 0 Å². The SMILES string of the molecule is O=C(O)CC1Cc2cc(F)ccc2S1. The fraction of sp³-hybridized carbons (Fsp3) is 0.300. The number of carbonyl (C=O) groups is 1. The minimum Gasteiger partial charge on any atom is -0.481 e. The molecule has 14 heavy (non-hydrogen) atoms. The number of thioether (sulfide) groups is 1. The summed E-state index contributed by atoms with van der Waals surface area (Å²) >= 11 is 1.53. The van der Waals surface area contributed by atoms with Gasteiger partial charge in [-0.1, -0.05) is 0 Å². The van der Waals surface area contributed by atoms with Gasteiger partial charge in [0.15, 0.2) is 0 Å². The van der Waals surface area contributed by atoms with Gasteiger partial charge in [-0.05, 0) is 30.2 Å². The van der Waals surface area contributed by atoms with Gasteiger partial charge in [-0.15, -0.1) is 11.8 Å². The Morgan fingerprint density at radius 1 is 1.64 bits per heavy atom. The maximum absolute atomic E-state index is 12.8. The average molecular weight is 212 g/mol. The molecule has 0 saturated carbocycles. The molecule has 1 aliphatic rings. The fourth-order valence-corrected chi connectivity index (χ4v) is 2.89. The molecule has 4 heteroatoms. The van der Waals surface area contributed by atoms with Crippen molar-refractivity contribution in [2.45, 2.75) is 23.0 Å². The van der Waals surface area contributed by atoms with Crippen molar-refractivity contribution in [3.8, 4) is 0 Å². The second kappa shape index (κ2) is 3.61. The molecule has 2 nitrogen and oxygen atoms in total. The van der Waals surface area contributed by atoms with Crippen LogP contribution in [0.25, 0.3) is 0 Å². The van der Waals surface area contributed by atoms with Crippen LogP contribution in [-0.4, -0.2) is 16.3 Å². The van der Waals surface area contributed by atoms with E-state index in [1.807, 2.05) is 0 Å². The first-order valence-corrected chi connectivity index (χ1v) is 5.20. The van der Waals surface area contributed by atoms with Gasteiger partial charge in [-0.2, -0.15) is 0 Å². The lowest BCUT2D eigenvalue weighted by Crippen LogP contribution is -2.08. The summed E-state index contributed by atoms with van der Waals surface area (Å²) in [7, 11) is 0. The van der Waals surface area contributed by atoms with E-state index in [4.69, 9.17) is 5.11 Å². The zero-order valence-electron chi connectivity index (χ0n) is 7.37. The first-order chi connectivity index (χ1) is 6.65.